The third-order valence-corrected chi connectivity index (χ3v) is 10.7. The predicted molar refractivity (Wildman–Crippen MR) is 239 cm³/mol. The van der Waals surface area contributed by atoms with E-state index in [2.05, 4.69) is 240 Å². The molecule has 1 heterocycles. The van der Waals surface area contributed by atoms with Gasteiger partial charge in [-0.2, -0.15) is 0 Å². The lowest BCUT2D eigenvalue weighted by atomic mass is 9.97. The summed E-state index contributed by atoms with van der Waals surface area (Å²) in [4.78, 5) is 2.35. The first-order chi connectivity index (χ1) is 27.8. The Hall–Kier alpha value is -7.42. The van der Waals surface area contributed by atoms with Crippen LogP contribution in [-0.2, 0) is 0 Å². The molecular formula is C54H38N2. The Labute approximate surface area is 327 Å². The number of para-hydroxylation sites is 1. The van der Waals surface area contributed by atoms with Gasteiger partial charge in [-0.1, -0.05) is 170 Å². The lowest BCUT2D eigenvalue weighted by Crippen LogP contribution is -2.09. The van der Waals surface area contributed by atoms with Gasteiger partial charge in [0.05, 0.1) is 11.2 Å². The molecule has 1 aromatic heterocycles. The molecule has 264 valence electrons. The zero-order valence-corrected chi connectivity index (χ0v) is 30.8. The summed E-state index contributed by atoms with van der Waals surface area (Å²) in [5.41, 5.74) is 12.8. The highest BCUT2D eigenvalue weighted by Gasteiger charge is 2.21. The van der Waals surface area contributed by atoms with E-state index in [0.29, 0.717) is 0 Å². The van der Waals surface area contributed by atoms with Crippen molar-refractivity contribution in [3.63, 3.8) is 0 Å². The van der Waals surface area contributed by atoms with Crippen LogP contribution < -0.4 is 4.90 Å². The van der Waals surface area contributed by atoms with Crippen molar-refractivity contribution < 1.29 is 0 Å². The van der Waals surface area contributed by atoms with E-state index in [9.17, 15) is 0 Å². The van der Waals surface area contributed by atoms with Gasteiger partial charge in [0.25, 0.3) is 0 Å². The van der Waals surface area contributed by atoms with E-state index in [-0.39, 0.29) is 0 Å². The molecule has 2 nitrogen and oxygen atoms in total. The molecule has 0 fully saturated rings. The molecule has 0 N–H and O–H groups in total. The zero-order valence-electron chi connectivity index (χ0n) is 30.8. The van der Waals surface area contributed by atoms with Gasteiger partial charge in [0, 0.05) is 33.7 Å². The number of fused-ring (bicyclic) bond motifs is 3. The Balaban J connectivity index is 1.05. The highest BCUT2D eigenvalue weighted by Crippen LogP contribution is 2.43. The van der Waals surface area contributed by atoms with Gasteiger partial charge in [-0.25, -0.2) is 0 Å². The van der Waals surface area contributed by atoms with Crippen LogP contribution in [0.4, 0.5) is 17.1 Å². The van der Waals surface area contributed by atoms with Crippen molar-refractivity contribution >= 4 is 61.7 Å². The maximum atomic E-state index is 2.41. The molecule has 0 unspecified atom stereocenters. The zero-order chi connectivity index (χ0) is 37.3. The summed E-state index contributed by atoms with van der Waals surface area (Å²) < 4.78 is 2.41. The monoisotopic (exact) mass is 714 g/mol. The molecule has 0 bridgehead atoms. The molecule has 9 aromatic carbocycles. The van der Waals surface area contributed by atoms with Gasteiger partial charge >= 0.3 is 0 Å². The highest BCUT2D eigenvalue weighted by molar-refractivity contribution is 6.06. The van der Waals surface area contributed by atoms with Crippen molar-refractivity contribution in [3.8, 4) is 28.1 Å². The van der Waals surface area contributed by atoms with Gasteiger partial charge in [0.15, 0.2) is 0 Å². The number of nitrogens with zero attached hydrogens (tertiary/aromatic N) is 2. The van der Waals surface area contributed by atoms with E-state index < -0.39 is 0 Å². The summed E-state index contributed by atoms with van der Waals surface area (Å²) in [5.74, 6) is 0. The van der Waals surface area contributed by atoms with Crippen LogP contribution in [0.15, 0.2) is 218 Å². The summed E-state index contributed by atoms with van der Waals surface area (Å²) in [5, 5.41) is 6.13. The van der Waals surface area contributed by atoms with Crippen LogP contribution in [0, 0.1) is 0 Å². The highest BCUT2D eigenvalue weighted by atomic mass is 15.1. The van der Waals surface area contributed by atoms with Crippen LogP contribution in [0.2, 0.25) is 0 Å². The van der Waals surface area contributed by atoms with Crippen LogP contribution in [0.5, 0.6) is 0 Å². The molecule has 2 heteroatoms. The fourth-order valence-corrected chi connectivity index (χ4v) is 8.03. The summed E-state index contributed by atoms with van der Waals surface area (Å²) in [7, 11) is 0. The SMILES string of the molecule is C(=Cc1ccc2c(c1)c(-c1ccccc1)c(-c1ccccc1)n2-c1ccccc1)c1ccc(N(c2ccc3ccccc3c2)c2ccc3ccccc3c2)cc1. The normalized spacial score (nSPS) is 11.5. The van der Waals surface area contributed by atoms with Crippen molar-refractivity contribution in [2.75, 3.05) is 4.90 Å². The molecule has 10 rings (SSSR count). The number of benzene rings is 9. The van der Waals surface area contributed by atoms with Crippen molar-refractivity contribution in [2.45, 2.75) is 0 Å². The van der Waals surface area contributed by atoms with Gasteiger partial charge in [0.1, 0.15) is 0 Å². The number of aromatic nitrogens is 1. The smallest absolute Gasteiger partial charge is 0.0619 e. The van der Waals surface area contributed by atoms with E-state index in [0.717, 1.165) is 33.9 Å². The Bertz CT molecular complexity index is 2920. The molecule has 56 heavy (non-hydrogen) atoms. The quantitative estimate of drug-likeness (QED) is 0.142. The maximum Gasteiger partial charge on any atom is 0.0619 e. The maximum absolute atomic E-state index is 2.41. The lowest BCUT2D eigenvalue weighted by Gasteiger charge is -2.26. The second-order valence-electron chi connectivity index (χ2n) is 14.2. The fourth-order valence-electron chi connectivity index (χ4n) is 8.03. The average Bonchev–Trinajstić information content (AvgIpc) is 3.61. The molecule has 10 aromatic rings. The number of hydrogen-bond acceptors (Lipinski definition) is 1. The molecule has 0 aliphatic heterocycles. The summed E-state index contributed by atoms with van der Waals surface area (Å²) in [6.45, 7) is 0. The first kappa shape index (κ1) is 33.2. The van der Waals surface area contributed by atoms with E-state index in [1.54, 1.807) is 0 Å². The second kappa shape index (κ2) is 14.4. The molecular weight excluding hydrogens is 677 g/mol. The van der Waals surface area contributed by atoms with Crippen LogP contribution in [0.1, 0.15) is 11.1 Å². The standard InChI is InChI=1S/C54H38N2/c1-4-16-43(17-5-1)53-51-36-40(28-35-52(51)56(47-22-8-3-9-23-47)54(53)44-18-6-2-7-19-44)25-24-39-26-31-48(32-27-39)55(49-33-29-41-14-10-12-20-45(41)37-49)50-34-30-42-15-11-13-21-46(42)38-50/h1-38H. The van der Waals surface area contributed by atoms with Crippen LogP contribution in [-0.4, -0.2) is 4.57 Å². The molecule has 0 saturated heterocycles. The van der Waals surface area contributed by atoms with Crippen LogP contribution in [0.3, 0.4) is 0 Å². The van der Waals surface area contributed by atoms with Crippen molar-refractivity contribution in [1.82, 2.24) is 4.57 Å². The predicted octanol–water partition coefficient (Wildman–Crippen LogP) is 14.9. The molecule has 0 amide bonds. The third kappa shape index (κ3) is 6.24. The molecule has 0 aliphatic carbocycles. The van der Waals surface area contributed by atoms with E-state index in [4.69, 9.17) is 0 Å². The van der Waals surface area contributed by atoms with Gasteiger partial charge in [-0.3, -0.25) is 0 Å². The number of anilines is 3. The molecule has 0 atom stereocenters. The van der Waals surface area contributed by atoms with E-state index in [1.807, 2.05) is 0 Å². The minimum Gasteiger partial charge on any atom is -0.310 e. The number of rotatable bonds is 8. The molecule has 0 spiro atoms. The first-order valence-electron chi connectivity index (χ1n) is 19.2. The number of hydrogen-bond donors (Lipinski definition) is 0. The van der Waals surface area contributed by atoms with E-state index in [1.165, 1.54) is 54.8 Å². The van der Waals surface area contributed by atoms with Gasteiger partial charge in [-0.15, -0.1) is 0 Å². The molecule has 0 saturated carbocycles. The molecule has 0 aliphatic rings. The first-order valence-corrected chi connectivity index (χ1v) is 19.2. The topological polar surface area (TPSA) is 8.17 Å². The van der Waals surface area contributed by atoms with Crippen molar-refractivity contribution in [2.24, 2.45) is 0 Å². The minimum absolute atomic E-state index is 1.11. The summed E-state index contributed by atoms with van der Waals surface area (Å²) in [6, 6.07) is 78.5. The second-order valence-corrected chi connectivity index (χ2v) is 14.2. The van der Waals surface area contributed by atoms with Gasteiger partial charge in [-0.05, 0) is 104 Å². The Kier molecular flexibility index (Phi) is 8.55. The van der Waals surface area contributed by atoms with Crippen molar-refractivity contribution in [3.05, 3.63) is 230 Å². The minimum atomic E-state index is 1.11. The van der Waals surface area contributed by atoms with Gasteiger partial charge < -0.3 is 9.47 Å². The third-order valence-electron chi connectivity index (χ3n) is 10.7. The van der Waals surface area contributed by atoms with Crippen LogP contribution in [0.25, 0.3) is 72.7 Å². The Morgan fingerprint density at radius 3 is 1.45 bits per heavy atom. The van der Waals surface area contributed by atoms with Crippen LogP contribution >= 0.6 is 0 Å². The fraction of sp³-hybridized carbons (Fsp3) is 0. The lowest BCUT2D eigenvalue weighted by molar-refractivity contribution is 1.13. The Morgan fingerprint density at radius 2 is 0.839 bits per heavy atom. The van der Waals surface area contributed by atoms with Crippen molar-refractivity contribution in [1.29, 1.82) is 0 Å². The van der Waals surface area contributed by atoms with E-state index >= 15 is 0 Å². The summed E-state index contributed by atoms with van der Waals surface area (Å²) >= 11 is 0. The average molecular weight is 715 g/mol. The Morgan fingerprint density at radius 1 is 0.357 bits per heavy atom. The molecule has 0 radical (unpaired) electrons. The summed E-state index contributed by atoms with van der Waals surface area (Å²) in [6.07, 6.45) is 4.45. The largest absolute Gasteiger partial charge is 0.310 e. The van der Waals surface area contributed by atoms with Gasteiger partial charge in [0.2, 0.25) is 0 Å².